The van der Waals surface area contributed by atoms with Gasteiger partial charge in [0, 0.05) is 17.1 Å². The Bertz CT molecular complexity index is 366. The van der Waals surface area contributed by atoms with E-state index in [0.717, 1.165) is 31.0 Å². The summed E-state index contributed by atoms with van der Waals surface area (Å²) in [5.41, 5.74) is 1.29. The largest absolute Gasteiger partial charge is 0.310 e. The number of hydrogen-bond acceptors (Lipinski definition) is 2. The van der Waals surface area contributed by atoms with E-state index in [4.69, 9.17) is 11.6 Å². The van der Waals surface area contributed by atoms with Crippen LogP contribution in [0, 0.1) is 0 Å². The Hall–Kier alpha value is -0.570. The summed E-state index contributed by atoms with van der Waals surface area (Å²) < 4.78 is 0. The van der Waals surface area contributed by atoms with Gasteiger partial charge in [-0.2, -0.15) is 0 Å². The van der Waals surface area contributed by atoms with Gasteiger partial charge in [0.05, 0.1) is 0 Å². The van der Waals surface area contributed by atoms with Gasteiger partial charge in [0.15, 0.2) is 0 Å². The van der Waals surface area contributed by atoms with Gasteiger partial charge < -0.3 is 10.2 Å². The van der Waals surface area contributed by atoms with E-state index in [-0.39, 0.29) is 0 Å². The van der Waals surface area contributed by atoms with E-state index in [9.17, 15) is 0 Å². The van der Waals surface area contributed by atoms with E-state index in [1.165, 1.54) is 5.56 Å². The van der Waals surface area contributed by atoms with Crippen molar-refractivity contribution in [3.05, 3.63) is 34.9 Å². The normalized spacial score (nSPS) is 13.2. The molecule has 0 fully saturated rings. The molecule has 1 atom stereocenters. The zero-order chi connectivity index (χ0) is 14.3. The summed E-state index contributed by atoms with van der Waals surface area (Å²) in [4.78, 5) is 2.38. The van der Waals surface area contributed by atoms with E-state index >= 15 is 0 Å². The zero-order valence-electron chi connectivity index (χ0n) is 12.6. The van der Waals surface area contributed by atoms with Crippen molar-refractivity contribution in [3.8, 4) is 0 Å². The average Bonchev–Trinajstić information content (AvgIpc) is 2.38. The molecule has 0 aliphatic rings. The van der Waals surface area contributed by atoms with Gasteiger partial charge in [0.1, 0.15) is 0 Å². The lowest BCUT2D eigenvalue weighted by atomic mass is 10.0. The molecule has 0 saturated carbocycles. The van der Waals surface area contributed by atoms with Gasteiger partial charge in [-0.3, -0.25) is 0 Å². The highest BCUT2D eigenvalue weighted by Crippen LogP contribution is 2.21. The van der Waals surface area contributed by atoms with Gasteiger partial charge in [-0.15, -0.1) is 0 Å². The molecule has 0 heterocycles. The maximum atomic E-state index is 6.10. The summed E-state index contributed by atoms with van der Waals surface area (Å²) in [5.74, 6) is 0. The monoisotopic (exact) mass is 282 g/mol. The molecule has 0 amide bonds. The molecule has 0 saturated heterocycles. The topological polar surface area (TPSA) is 15.3 Å². The van der Waals surface area contributed by atoms with Gasteiger partial charge >= 0.3 is 0 Å². The van der Waals surface area contributed by atoms with Crippen LogP contribution in [0.5, 0.6) is 0 Å². The number of hydrogen-bond donors (Lipinski definition) is 1. The summed E-state index contributed by atoms with van der Waals surface area (Å²) in [7, 11) is 2.18. The molecule has 1 rings (SSSR count). The molecule has 0 aliphatic carbocycles. The number of nitrogens with zero attached hydrogens (tertiary/aromatic N) is 1. The maximum Gasteiger partial charge on any atom is 0.0409 e. The van der Waals surface area contributed by atoms with Crippen molar-refractivity contribution in [3.63, 3.8) is 0 Å². The quantitative estimate of drug-likeness (QED) is 0.772. The lowest BCUT2D eigenvalue weighted by Gasteiger charge is -2.25. The van der Waals surface area contributed by atoms with Crippen molar-refractivity contribution in [2.75, 3.05) is 20.1 Å². The highest BCUT2D eigenvalue weighted by Gasteiger charge is 2.13. The fourth-order valence-electron chi connectivity index (χ4n) is 2.02. The second-order valence-corrected chi connectivity index (χ2v) is 5.86. The smallest absolute Gasteiger partial charge is 0.0409 e. The molecular formula is C16H27ClN2. The molecule has 0 bridgehead atoms. The molecule has 0 aromatic heterocycles. The summed E-state index contributed by atoms with van der Waals surface area (Å²) >= 11 is 6.10. The highest BCUT2D eigenvalue weighted by atomic mass is 35.5. The molecular weight excluding hydrogens is 256 g/mol. The predicted molar refractivity (Wildman–Crippen MR) is 84.9 cm³/mol. The first-order chi connectivity index (χ1) is 9.04. The molecule has 0 radical (unpaired) electrons. The second-order valence-electron chi connectivity index (χ2n) is 5.42. The van der Waals surface area contributed by atoms with E-state index in [2.05, 4.69) is 50.2 Å². The molecule has 3 heteroatoms. The Balaban J connectivity index is 2.66. The fraction of sp³-hybridized carbons (Fsp3) is 0.625. The van der Waals surface area contributed by atoms with Gasteiger partial charge in [0.25, 0.3) is 0 Å². The molecule has 19 heavy (non-hydrogen) atoms. The van der Waals surface area contributed by atoms with E-state index in [1.807, 2.05) is 12.1 Å². The van der Waals surface area contributed by atoms with Crippen LogP contribution in [0.3, 0.4) is 0 Å². The standard InChI is InChI=1S/C16H27ClN2/c1-5-10-18-16(9-11-19(4)13(2)3)14-7-6-8-15(17)12-14/h6-8,12-13,16,18H,5,9-11H2,1-4H3. The summed E-state index contributed by atoms with van der Waals surface area (Å²) in [6.45, 7) is 8.79. The summed E-state index contributed by atoms with van der Waals surface area (Å²) in [6, 6.07) is 9.18. The zero-order valence-corrected chi connectivity index (χ0v) is 13.4. The minimum Gasteiger partial charge on any atom is -0.310 e. The third kappa shape index (κ3) is 5.94. The third-order valence-corrected chi connectivity index (χ3v) is 3.78. The van der Waals surface area contributed by atoms with Crippen LogP contribution >= 0.6 is 11.6 Å². The van der Waals surface area contributed by atoms with Gasteiger partial charge in [-0.1, -0.05) is 30.7 Å². The molecule has 1 aromatic rings. The Morgan fingerprint density at radius 3 is 2.63 bits per heavy atom. The van der Waals surface area contributed by atoms with E-state index in [1.54, 1.807) is 0 Å². The molecule has 1 aromatic carbocycles. The Kier molecular flexibility index (Phi) is 7.44. The lowest BCUT2D eigenvalue weighted by Crippen LogP contribution is -2.31. The molecule has 0 aliphatic heterocycles. The van der Waals surface area contributed by atoms with Crippen molar-refractivity contribution >= 4 is 11.6 Å². The van der Waals surface area contributed by atoms with Crippen LogP contribution in [0.15, 0.2) is 24.3 Å². The molecule has 1 N–H and O–H groups in total. The van der Waals surface area contributed by atoms with Crippen LogP contribution in [0.1, 0.15) is 45.2 Å². The Labute approximate surface area is 123 Å². The first-order valence-corrected chi connectivity index (χ1v) is 7.61. The SMILES string of the molecule is CCCNC(CCN(C)C(C)C)c1cccc(Cl)c1. The third-order valence-electron chi connectivity index (χ3n) is 3.54. The first-order valence-electron chi connectivity index (χ1n) is 7.23. The Morgan fingerprint density at radius 2 is 2.05 bits per heavy atom. The first kappa shape index (κ1) is 16.5. The van der Waals surface area contributed by atoms with Crippen LogP contribution in [0.4, 0.5) is 0 Å². The predicted octanol–water partition coefficient (Wildman–Crippen LogP) is 4.11. The number of rotatable bonds is 8. The van der Waals surface area contributed by atoms with Gasteiger partial charge in [-0.05, 0) is 64.5 Å². The molecule has 1 unspecified atom stereocenters. The number of nitrogens with one attached hydrogen (secondary N) is 1. The van der Waals surface area contributed by atoms with E-state index in [0.29, 0.717) is 12.1 Å². The summed E-state index contributed by atoms with van der Waals surface area (Å²) in [6.07, 6.45) is 2.26. The van der Waals surface area contributed by atoms with Gasteiger partial charge in [-0.25, -0.2) is 0 Å². The highest BCUT2D eigenvalue weighted by molar-refractivity contribution is 6.30. The second kappa shape index (κ2) is 8.57. The van der Waals surface area contributed by atoms with Crippen molar-refractivity contribution in [2.45, 2.75) is 45.7 Å². The maximum absolute atomic E-state index is 6.10. The fourth-order valence-corrected chi connectivity index (χ4v) is 2.22. The van der Waals surface area contributed by atoms with Crippen molar-refractivity contribution in [2.24, 2.45) is 0 Å². The van der Waals surface area contributed by atoms with Crippen molar-refractivity contribution in [1.29, 1.82) is 0 Å². The van der Waals surface area contributed by atoms with Crippen LogP contribution in [-0.2, 0) is 0 Å². The summed E-state index contributed by atoms with van der Waals surface area (Å²) in [5, 5.41) is 4.44. The van der Waals surface area contributed by atoms with Crippen molar-refractivity contribution < 1.29 is 0 Å². The van der Waals surface area contributed by atoms with Crippen LogP contribution < -0.4 is 5.32 Å². The number of halogens is 1. The average molecular weight is 283 g/mol. The minimum absolute atomic E-state index is 0.389. The molecule has 108 valence electrons. The van der Waals surface area contributed by atoms with Gasteiger partial charge in [0.2, 0.25) is 0 Å². The van der Waals surface area contributed by atoms with Crippen LogP contribution in [0.25, 0.3) is 0 Å². The minimum atomic E-state index is 0.389. The Morgan fingerprint density at radius 1 is 1.32 bits per heavy atom. The van der Waals surface area contributed by atoms with Crippen LogP contribution in [-0.4, -0.2) is 31.1 Å². The molecule has 0 spiro atoms. The number of benzene rings is 1. The lowest BCUT2D eigenvalue weighted by molar-refractivity contribution is 0.256. The van der Waals surface area contributed by atoms with Crippen LogP contribution in [0.2, 0.25) is 5.02 Å². The molecule has 2 nitrogen and oxygen atoms in total. The van der Waals surface area contributed by atoms with E-state index < -0.39 is 0 Å². The van der Waals surface area contributed by atoms with Crippen molar-refractivity contribution in [1.82, 2.24) is 10.2 Å².